The molecule has 2 aromatic rings. The highest BCUT2D eigenvalue weighted by atomic mass is 19.1. The average molecular weight is 356 g/mol. The quantitative estimate of drug-likeness (QED) is 0.851. The summed E-state index contributed by atoms with van der Waals surface area (Å²) >= 11 is 0. The summed E-state index contributed by atoms with van der Waals surface area (Å²) in [4.78, 5) is 24.4. The summed E-state index contributed by atoms with van der Waals surface area (Å²) in [5, 5.41) is 9.68. The van der Waals surface area contributed by atoms with Crippen LogP contribution in [0.1, 0.15) is 42.5 Å². The minimum Gasteiger partial charge on any atom is -0.465 e. The van der Waals surface area contributed by atoms with Gasteiger partial charge in [0.1, 0.15) is 0 Å². The van der Waals surface area contributed by atoms with E-state index < -0.39 is 17.8 Å². The number of carbonyl (C=O) groups is 2. The lowest BCUT2D eigenvalue weighted by Gasteiger charge is -2.32. The number of hydrogen-bond donors (Lipinski definition) is 2. The van der Waals surface area contributed by atoms with Gasteiger partial charge in [-0.05, 0) is 36.6 Å². The Morgan fingerprint density at radius 2 is 1.77 bits per heavy atom. The summed E-state index contributed by atoms with van der Waals surface area (Å²) in [6.45, 7) is 0. The van der Waals surface area contributed by atoms with E-state index >= 15 is 4.39 Å². The van der Waals surface area contributed by atoms with E-state index in [2.05, 4.69) is 0 Å². The number of amides is 2. The predicted octanol–water partition coefficient (Wildman–Crippen LogP) is 4.41. The molecule has 0 spiro atoms. The van der Waals surface area contributed by atoms with Gasteiger partial charge in [0.05, 0.1) is 5.69 Å². The zero-order valence-electron chi connectivity index (χ0n) is 14.3. The smallest absolute Gasteiger partial charge is 0.412 e. The van der Waals surface area contributed by atoms with Crippen molar-refractivity contribution in [2.24, 2.45) is 5.73 Å². The second-order valence-corrected chi connectivity index (χ2v) is 6.53. The SMILES string of the molecule is NC(=O)c1cccc(-c2cccc(N(C(=O)O)C3CCCCC3)c2F)c1. The summed E-state index contributed by atoms with van der Waals surface area (Å²) in [6, 6.07) is 10.8. The van der Waals surface area contributed by atoms with Crippen molar-refractivity contribution in [3.63, 3.8) is 0 Å². The Bertz CT molecular complexity index is 832. The number of nitrogens with two attached hydrogens (primary N) is 1. The van der Waals surface area contributed by atoms with Gasteiger partial charge in [-0.3, -0.25) is 9.69 Å². The molecule has 0 radical (unpaired) electrons. The van der Waals surface area contributed by atoms with Crippen molar-refractivity contribution in [3.05, 3.63) is 53.8 Å². The van der Waals surface area contributed by atoms with Crippen molar-refractivity contribution < 1.29 is 19.1 Å². The number of primary amides is 1. The van der Waals surface area contributed by atoms with Gasteiger partial charge in [0.2, 0.25) is 5.91 Å². The van der Waals surface area contributed by atoms with E-state index in [9.17, 15) is 14.7 Å². The van der Waals surface area contributed by atoms with Crippen molar-refractivity contribution in [1.82, 2.24) is 0 Å². The van der Waals surface area contributed by atoms with Crippen LogP contribution in [0.4, 0.5) is 14.9 Å². The number of hydrogen-bond acceptors (Lipinski definition) is 2. The Kier molecular flexibility index (Phi) is 5.21. The molecule has 1 aliphatic rings. The van der Waals surface area contributed by atoms with Gasteiger partial charge in [-0.1, -0.05) is 43.5 Å². The molecule has 0 aliphatic heterocycles. The van der Waals surface area contributed by atoms with E-state index in [4.69, 9.17) is 5.73 Å². The fraction of sp³-hybridized carbons (Fsp3) is 0.300. The molecule has 2 amide bonds. The second-order valence-electron chi connectivity index (χ2n) is 6.53. The van der Waals surface area contributed by atoms with Crippen LogP contribution in [-0.4, -0.2) is 23.1 Å². The van der Waals surface area contributed by atoms with E-state index in [0.717, 1.165) is 37.0 Å². The van der Waals surface area contributed by atoms with Crippen LogP contribution >= 0.6 is 0 Å². The number of carbonyl (C=O) groups excluding carboxylic acids is 1. The van der Waals surface area contributed by atoms with E-state index in [0.29, 0.717) is 5.56 Å². The fourth-order valence-corrected chi connectivity index (χ4v) is 3.56. The minimum atomic E-state index is -1.15. The number of carboxylic acid groups (broad SMARTS) is 1. The predicted molar refractivity (Wildman–Crippen MR) is 97.7 cm³/mol. The first kappa shape index (κ1) is 17.9. The molecular weight excluding hydrogens is 335 g/mol. The number of anilines is 1. The Morgan fingerprint density at radius 3 is 2.42 bits per heavy atom. The second kappa shape index (κ2) is 7.56. The lowest BCUT2D eigenvalue weighted by atomic mass is 9.93. The van der Waals surface area contributed by atoms with E-state index in [1.807, 2.05) is 0 Å². The fourth-order valence-electron chi connectivity index (χ4n) is 3.56. The summed E-state index contributed by atoms with van der Waals surface area (Å²) < 4.78 is 15.2. The molecule has 3 rings (SSSR count). The van der Waals surface area contributed by atoms with Crippen molar-refractivity contribution >= 4 is 17.7 Å². The molecule has 3 N–H and O–H groups in total. The highest BCUT2D eigenvalue weighted by Gasteiger charge is 2.29. The van der Waals surface area contributed by atoms with Crippen LogP contribution < -0.4 is 10.6 Å². The number of nitrogens with zero attached hydrogens (tertiary/aromatic N) is 1. The number of benzene rings is 2. The molecule has 136 valence electrons. The molecule has 5 nitrogen and oxygen atoms in total. The topological polar surface area (TPSA) is 83.6 Å². The molecule has 2 aromatic carbocycles. The Balaban J connectivity index is 2.04. The van der Waals surface area contributed by atoms with Gasteiger partial charge in [-0.2, -0.15) is 0 Å². The summed E-state index contributed by atoms with van der Waals surface area (Å²) in [6.07, 6.45) is 3.26. The van der Waals surface area contributed by atoms with Gasteiger partial charge in [-0.25, -0.2) is 9.18 Å². The van der Waals surface area contributed by atoms with Gasteiger partial charge in [0.15, 0.2) is 5.82 Å². The van der Waals surface area contributed by atoms with Gasteiger partial charge in [0.25, 0.3) is 0 Å². The van der Waals surface area contributed by atoms with Crippen LogP contribution in [0.5, 0.6) is 0 Å². The van der Waals surface area contributed by atoms with Crippen LogP contribution in [0.2, 0.25) is 0 Å². The molecule has 6 heteroatoms. The molecule has 0 atom stereocenters. The Labute approximate surface area is 151 Å². The summed E-state index contributed by atoms with van der Waals surface area (Å²) in [7, 11) is 0. The van der Waals surface area contributed by atoms with Crippen LogP contribution in [0, 0.1) is 5.82 Å². The normalized spacial score (nSPS) is 14.8. The first-order chi connectivity index (χ1) is 12.5. The standard InChI is InChI=1S/C20H21FN2O3/c21-18-16(13-6-4-7-14(12-13)19(22)24)10-5-11-17(18)23(20(25)26)15-8-2-1-3-9-15/h4-7,10-12,15H,1-3,8-9H2,(H2,22,24)(H,25,26). The Morgan fingerprint density at radius 1 is 1.08 bits per heavy atom. The summed E-state index contributed by atoms with van der Waals surface area (Å²) in [5.74, 6) is -1.21. The number of halogens is 1. The molecule has 1 saturated carbocycles. The lowest BCUT2D eigenvalue weighted by Crippen LogP contribution is -2.41. The first-order valence-electron chi connectivity index (χ1n) is 8.70. The highest BCUT2D eigenvalue weighted by molar-refractivity contribution is 5.94. The van der Waals surface area contributed by atoms with E-state index in [1.54, 1.807) is 30.3 Å². The molecule has 0 unspecified atom stereocenters. The third kappa shape index (κ3) is 3.54. The molecule has 0 bridgehead atoms. The lowest BCUT2D eigenvalue weighted by molar-refractivity contribution is 0.1000. The van der Waals surface area contributed by atoms with E-state index in [1.165, 1.54) is 12.1 Å². The molecule has 0 aromatic heterocycles. The molecule has 1 aliphatic carbocycles. The average Bonchev–Trinajstić information content (AvgIpc) is 2.64. The van der Waals surface area contributed by atoms with E-state index in [-0.39, 0.29) is 22.9 Å². The van der Waals surface area contributed by atoms with Crippen LogP contribution in [0.3, 0.4) is 0 Å². The van der Waals surface area contributed by atoms with Crippen molar-refractivity contribution in [3.8, 4) is 11.1 Å². The van der Waals surface area contributed by atoms with Crippen LogP contribution in [0.15, 0.2) is 42.5 Å². The monoisotopic (exact) mass is 356 g/mol. The Hall–Kier alpha value is -2.89. The van der Waals surface area contributed by atoms with Gasteiger partial charge >= 0.3 is 6.09 Å². The van der Waals surface area contributed by atoms with Crippen molar-refractivity contribution in [2.45, 2.75) is 38.1 Å². The summed E-state index contributed by atoms with van der Waals surface area (Å²) in [5.41, 5.74) is 6.34. The van der Waals surface area contributed by atoms with Crippen molar-refractivity contribution in [1.29, 1.82) is 0 Å². The largest absolute Gasteiger partial charge is 0.465 e. The maximum Gasteiger partial charge on any atom is 0.412 e. The third-order valence-electron chi connectivity index (χ3n) is 4.84. The first-order valence-corrected chi connectivity index (χ1v) is 8.70. The van der Waals surface area contributed by atoms with Gasteiger partial charge < -0.3 is 10.8 Å². The maximum absolute atomic E-state index is 15.2. The van der Waals surface area contributed by atoms with Crippen molar-refractivity contribution in [2.75, 3.05) is 4.90 Å². The third-order valence-corrected chi connectivity index (χ3v) is 4.84. The minimum absolute atomic E-state index is 0.0476. The molecule has 0 heterocycles. The van der Waals surface area contributed by atoms with Gasteiger partial charge in [0, 0.05) is 17.2 Å². The van der Waals surface area contributed by atoms with Crippen LogP contribution in [0.25, 0.3) is 11.1 Å². The highest BCUT2D eigenvalue weighted by Crippen LogP contribution is 2.34. The molecule has 0 saturated heterocycles. The number of rotatable bonds is 4. The van der Waals surface area contributed by atoms with Crippen LogP contribution in [-0.2, 0) is 0 Å². The zero-order valence-corrected chi connectivity index (χ0v) is 14.3. The molecular formula is C20H21FN2O3. The zero-order chi connectivity index (χ0) is 18.7. The van der Waals surface area contributed by atoms with Gasteiger partial charge in [-0.15, -0.1) is 0 Å². The molecule has 26 heavy (non-hydrogen) atoms. The maximum atomic E-state index is 15.2. The molecule has 1 fully saturated rings.